The van der Waals surface area contributed by atoms with E-state index < -0.39 is 10.9 Å². The van der Waals surface area contributed by atoms with Crippen LogP contribution in [0.1, 0.15) is 15.9 Å². The molecule has 0 heterocycles. The van der Waals surface area contributed by atoms with E-state index in [1.807, 2.05) is 22.6 Å². The van der Waals surface area contributed by atoms with Gasteiger partial charge in [-0.1, -0.05) is 0 Å². The van der Waals surface area contributed by atoms with Crippen molar-refractivity contribution in [3.05, 3.63) is 36.9 Å². The molecule has 0 aliphatic rings. The molecule has 0 unspecified atom stereocenters. The second-order valence-corrected chi connectivity index (χ2v) is 4.01. The Bertz CT molecular complexity index is 430. The van der Waals surface area contributed by atoms with E-state index in [1.54, 1.807) is 6.92 Å². The predicted molar refractivity (Wildman–Crippen MR) is 61.9 cm³/mol. The normalized spacial score (nSPS) is 9.80. The average molecular weight is 321 g/mol. The van der Waals surface area contributed by atoms with Crippen molar-refractivity contribution >= 4 is 34.2 Å². The second-order valence-electron chi connectivity index (χ2n) is 2.85. The van der Waals surface area contributed by atoms with Gasteiger partial charge in [0.25, 0.3) is 5.69 Å². The zero-order valence-electron chi connectivity index (χ0n) is 8.11. The highest BCUT2D eigenvalue weighted by Gasteiger charge is 2.17. The van der Waals surface area contributed by atoms with Crippen LogP contribution in [0.15, 0.2) is 12.1 Å². The summed E-state index contributed by atoms with van der Waals surface area (Å²) in [5, 5.41) is 10.6. The van der Waals surface area contributed by atoms with Crippen LogP contribution in [0.3, 0.4) is 0 Å². The summed E-state index contributed by atoms with van der Waals surface area (Å²) in [7, 11) is 1.24. The monoisotopic (exact) mass is 321 g/mol. The number of rotatable bonds is 2. The summed E-state index contributed by atoms with van der Waals surface area (Å²) in [6.45, 7) is 1.72. The number of nitrogens with zero attached hydrogens (tertiary/aromatic N) is 1. The Hall–Kier alpha value is -1.18. The van der Waals surface area contributed by atoms with E-state index in [0.717, 1.165) is 0 Å². The summed E-state index contributed by atoms with van der Waals surface area (Å²) in [5.74, 6) is -0.561. The molecular weight excluding hydrogens is 313 g/mol. The summed E-state index contributed by atoms with van der Waals surface area (Å²) in [6, 6.07) is 2.64. The first kappa shape index (κ1) is 11.9. The lowest BCUT2D eigenvalue weighted by molar-refractivity contribution is -0.385. The minimum absolute atomic E-state index is 0.106. The Morgan fingerprint density at radius 2 is 2.13 bits per heavy atom. The van der Waals surface area contributed by atoms with E-state index in [9.17, 15) is 14.9 Å². The summed E-state index contributed by atoms with van der Waals surface area (Å²) in [6.07, 6.45) is 0. The minimum atomic E-state index is -0.561. The highest BCUT2D eigenvalue weighted by atomic mass is 127. The Morgan fingerprint density at radius 3 is 2.60 bits per heavy atom. The number of methoxy groups -OCH3 is 1. The number of benzene rings is 1. The van der Waals surface area contributed by atoms with Crippen molar-refractivity contribution in [2.45, 2.75) is 6.92 Å². The van der Waals surface area contributed by atoms with Gasteiger partial charge in [0.15, 0.2) is 0 Å². The number of ether oxygens (including phenoxy) is 1. The van der Waals surface area contributed by atoms with E-state index in [0.29, 0.717) is 9.13 Å². The number of nitro benzene ring substituents is 1. The number of esters is 1. The van der Waals surface area contributed by atoms with Crippen LogP contribution in [-0.4, -0.2) is 18.0 Å². The van der Waals surface area contributed by atoms with Crippen LogP contribution in [0.4, 0.5) is 5.69 Å². The Labute approximate surface area is 99.7 Å². The number of non-ortho nitro benzene ring substituents is 1. The van der Waals surface area contributed by atoms with Gasteiger partial charge < -0.3 is 4.74 Å². The maximum atomic E-state index is 11.3. The number of carbonyl (C=O) groups excluding carboxylic acids is 1. The lowest BCUT2D eigenvalue weighted by Crippen LogP contribution is -2.06. The third kappa shape index (κ3) is 2.44. The molecule has 80 valence electrons. The van der Waals surface area contributed by atoms with E-state index in [-0.39, 0.29) is 11.3 Å². The largest absolute Gasteiger partial charge is 0.465 e. The molecule has 6 heteroatoms. The van der Waals surface area contributed by atoms with Crippen LogP contribution in [0.2, 0.25) is 0 Å². The third-order valence-corrected chi connectivity index (χ3v) is 3.07. The number of hydrogen-bond acceptors (Lipinski definition) is 4. The first-order chi connectivity index (χ1) is 6.97. The van der Waals surface area contributed by atoms with Crippen LogP contribution >= 0.6 is 22.6 Å². The first-order valence-electron chi connectivity index (χ1n) is 4.00. The fourth-order valence-electron chi connectivity index (χ4n) is 1.09. The topological polar surface area (TPSA) is 69.4 Å². The van der Waals surface area contributed by atoms with Gasteiger partial charge in [-0.25, -0.2) is 4.79 Å². The smallest absolute Gasteiger partial charge is 0.338 e. The van der Waals surface area contributed by atoms with Crippen LogP contribution in [0, 0.1) is 20.6 Å². The molecule has 0 N–H and O–H groups in total. The molecule has 0 bridgehead atoms. The molecule has 0 aliphatic heterocycles. The van der Waals surface area contributed by atoms with Crippen molar-refractivity contribution in [2.75, 3.05) is 7.11 Å². The van der Waals surface area contributed by atoms with Gasteiger partial charge >= 0.3 is 5.97 Å². The maximum Gasteiger partial charge on any atom is 0.338 e. The molecule has 0 spiro atoms. The molecule has 0 atom stereocenters. The molecule has 0 amide bonds. The Balaban J connectivity index is 3.37. The molecule has 15 heavy (non-hydrogen) atoms. The lowest BCUT2D eigenvalue weighted by Gasteiger charge is -2.05. The van der Waals surface area contributed by atoms with Gasteiger partial charge in [-0.05, 0) is 35.1 Å². The summed E-state index contributed by atoms with van der Waals surface area (Å²) < 4.78 is 5.21. The van der Waals surface area contributed by atoms with E-state index in [1.165, 1.54) is 19.2 Å². The first-order valence-corrected chi connectivity index (χ1v) is 5.08. The average Bonchev–Trinajstić information content (AvgIpc) is 2.20. The second kappa shape index (κ2) is 4.56. The zero-order valence-corrected chi connectivity index (χ0v) is 10.3. The molecule has 0 aliphatic carbocycles. The molecule has 1 aromatic carbocycles. The Kier molecular flexibility index (Phi) is 3.61. The van der Waals surface area contributed by atoms with Crippen LogP contribution in [-0.2, 0) is 4.74 Å². The van der Waals surface area contributed by atoms with Crippen molar-refractivity contribution in [3.8, 4) is 0 Å². The number of halogens is 1. The summed E-state index contributed by atoms with van der Waals surface area (Å²) in [4.78, 5) is 21.4. The molecule has 1 aromatic rings. The fourth-order valence-corrected chi connectivity index (χ4v) is 1.70. The molecule has 0 fully saturated rings. The van der Waals surface area contributed by atoms with Gasteiger partial charge in [-0.3, -0.25) is 10.1 Å². The van der Waals surface area contributed by atoms with Gasteiger partial charge in [0, 0.05) is 15.7 Å². The van der Waals surface area contributed by atoms with Gasteiger partial charge in [-0.15, -0.1) is 0 Å². The zero-order chi connectivity index (χ0) is 11.6. The minimum Gasteiger partial charge on any atom is -0.465 e. The summed E-state index contributed by atoms with van der Waals surface area (Å²) in [5.41, 5.74) is 0.814. The number of carbonyl (C=O) groups is 1. The number of nitro groups is 1. The number of hydrogen-bond donors (Lipinski definition) is 0. The standard InChI is InChI=1S/C9H8INO4/c1-5-7(9(12)15-2)3-6(11(13)14)4-8(5)10/h3-4H,1-2H3. The van der Waals surface area contributed by atoms with E-state index in [4.69, 9.17) is 0 Å². The van der Waals surface area contributed by atoms with Crippen LogP contribution in [0.25, 0.3) is 0 Å². The SMILES string of the molecule is COC(=O)c1cc([N+](=O)[O-])cc(I)c1C. The van der Waals surface area contributed by atoms with Gasteiger partial charge in [0.05, 0.1) is 17.6 Å². The van der Waals surface area contributed by atoms with E-state index >= 15 is 0 Å². The Morgan fingerprint density at radius 1 is 1.53 bits per heavy atom. The fraction of sp³-hybridized carbons (Fsp3) is 0.222. The highest BCUT2D eigenvalue weighted by Crippen LogP contribution is 2.23. The molecule has 0 saturated heterocycles. The highest BCUT2D eigenvalue weighted by molar-refractivity contribution is 14.1. The van der Waals surface area contributed by atoms with Crippen molar-refractivity contribution < 1.29 is 14.5 Å². The maximum absolute atomic E-state index is 11.3. The van der Waals surface area contributed by atoms with Gasteiger partial charge in [0.1, 0.15) is 0 Å². The lowest BCUT2D eigenvalue weighted by atomic mass is 10.1. The molecule has 0 aromatic heterocycles. The van der Waals surface area contributed by atoms with Crippen LogP contribution in [0.5, 0.6) is 0 Å². The van der Waals surface area contributed by atoms with Crippen molar-refractivity contribution in [3.63, 3.8) is 0 Å². The van der Waals surface area contributed by atoms with Crippen LogP contribution < -0.4 is 0 Å². The molecule has 5 nitrogen and oxygen atoms in total. The van der Waals surface area contributed by atoms with Crippen molar-refractivity contribution in [1.82, 2.24) is 0 Å². The predicted octanol–water partition coefficient (Wildman–Crippen LogP) is 2.29. The van der Waals surface area contributed by atoms with Gasteiger partial charge in [-0.2, -0.15) is 0 Å². The molecule has 1 rings (SSSR count). The van der Waals surface area contributed by atoms with Gasteiger partial charge in [0.2, 0.25) is 0 Å². The quantitative estimate of drug-likeness (QED) is 0.363. The molecule has 0 radical (unpaired) electrons. The van der Waals surface area contributed by atoms with Crippen molar-refractivity contribution in [2.24, 2.45) is 0 Å². The molecule has 0 saturated carbocycles. The summed E-state index contributed by atoms with van der Waals surface area (Å²) >= 11 is 1.95. The molecular formula is C9H8INO4. The third-order valence-electron chi connectivity index (χ3n) is 1.95. The van der Waals surface area contributed by atoms with Crippen molar-refractivity contribution in [1.29, 1.82) is 0 Å². The van der Waals surface area contributed by atoms with E-state index in [2.05, 4.69) is 4.74 Å².